The number of nitrogens with one attached hydrogen (secondary N) is 3. The van der Waals surface area contributed by atoms with E-state index in [1.165, 1.54) is 25.3 Å². The average Bonchev–Trinajstić information content (AvgIpc) is 2.56. The topological polar surface area (TPSA) is 70.2 Å². The van der Waals surface area contributed by atoms with Gasteiger partial charge in [-0.25, -0.2) is 9.18 Å². The highest BCUT2D eigenvalue weighted by Crippen LogP contribution is 2.55. The van der Waals surface area contributed by atoms with E-state index in [4.69, 9.17) is 0 Å². The summed E-state index contributed by atoms with van der Waals surface area (Å²) in [5.74, 6) is 1.54. The third kappa shape index (κ3) is 4.09. The van der Waals surface area contributed by atoms with Crippen LogP contribution in [0.4, 0.5) is 14.9 Å². The van der Waals surface area contributed by atoms with E-state index in [0.29, 0.717) is 0 Å². The zero-order valence-electron chi connectivity index (χ0n) is 15.8. The number of anilines is 1. The zero-order valence-corrected chi connectivity index (χ0v) is 15.8. The van der Waals surface area contributed by atoms with Crippen molar-refractivity contribution in [1.82, 2.24) is 10.6 Å². The van der Waals surface area contributed by atoms with Crippen molar-refractivity contribution >= 4 is 17.6 Å². The number of urea groups is 1. The van der Waals surface area contributed by atoms with Crippen molar-refractivity contribution in [2.24, 2.45) is 17.8 Å². The molecule has 6 heteroatoms. The Kier molecular flexibility index (Phi) is 4.82. The molecule has 4 aliphatic rings. The summed E-state index contributed by atoms with van der Waals surface area (Å²) in [7, 11) is 0. The van der Waals surface area contributed by atoms with Gasteiger partial charge in [0.05, 0.1) is 5.69 Å². The predicted molar refractivity (Wildman–Crippen MR) is 102 cm³/mol. The predicted octanol–water partition coefficient (Wildman–Crippen LogP) is 3.73. The van der Waals surface area contributed by atoms with Gasteiger partial charge >= 0.3 is 6.03 Å². The van der Waals surface area contributed by atoms with Gasteiger partial charge in [-0.05, 0) is 80.9 Å². The van der Waals surface area contributed by atoms with Gasteiger partial charge in [0.1, 0.15) is 5.82 Å². The minimum atomic E-state index is -0.457. The van der Waals surface area contributed by atoms with Crippen molar-refractivity contribution in [3.63, 3.8) is 0 Å². The summed E-state index contributed by atoms with van der Waals surface area (Å²) in [6, 6.07) is 4.40. The molecule has 4 saturated carbocycles. The van der Waals surface area contributed by atoms with Crippen LogP contribution in [0.3, 0.4) is 0 Å². The van der Waals surface area contributed by atoms with E-state index in [1.807, 2.05) is 6.92 Å². The number of hydrogen-bond acceptors (Lipinski definition) is 2. The van der Waals surface area contributed by atoms with Crippen LogP contribution in [0.1, 0.15) is 50.5 Å². The van der Waals surface area contributed by atoms with Gasteiger partial charge in [-0.2, -0.15) is 0 Å². The van der Waals surface area contributed by atoms with Crippen LogP contribution in [-0.4, -0.2) is 24.0 Å². The highest BCUT2D eigenvalue weighted by Gasteiger charge is 2.51. The molecule has 5 nitrogen and oxygen atoms in total. The van der Waals surface area contributed by atoms with Crippen molar-refractivity contribution < 1.29 is 14.0 Å². The zero-order chi connectivity index (χ0) is 19.0. The van der Waals surface area contributed by atoms with Gasteiger partial charge < -0.3 is 16.0 Å². The minimum Gasteiger partial charge on any atom is -0.338 e. The lowest BCUT2D eigenvalue weighted by Gasteiger charge is -2.56. The highest BCUT2D eigenvalue weighted by molar-refractivity contribution is 5.91. The van der Waals surface area contributed by atoms with Crippen LogP contribution in [0.5, 0.6) is 0 Å². The van der Waals surface area contributed by atoms with Crippen LogP contribution >= 0.6 is 0 Å². The Morgan fingerprint density at radius 2 is 1.74 bits per heavy atom. The quantitative estimate of drug-likeness (QED) is 0.736. The number of carbonyl (C=O) groups is 2. The molecule has 0 spiro atoms. The Morgan fingerprint density at radius 1 is 1.11 bits per heavy atom. The van der Waals surface area contributed by atoms with Crippen molar-refractivity contribution in [2.45, 2.75) is 57.4 Å². The fourth-order valence-corrected chi connectivity index (χ4v) is 5.79. The lowest BCUT2D eigenvalue weighted by Crippen LogP contribution is -2.61. The molecular weight excluding hydrogens is 345 g/mol. The molecule has 0 aliphatic heterocycles. The maximum atomic E-state index is 13.7. The van der Waals surface area contributed by atoms with Gasteiger partial charge in [-0.15, -0.1) is 0 Å². The van der Waals surface area contributed by atoms with E-state index in [1.54, 1.807) is 12.1 Å². The maximum absolute atomic E-state index is 13.7. The second kappa shape index (κ2) is 7.13. The van der Waals surface area contributed by atoms with Crippen molar-refractivity contribution in [1.29, 1.82) is 0 Å². The van der Waals surface area contributed by atoms with Crippen molar-refractivity contribution in [3.8, 4) is 0 Å². The number of rotatable bonds is 5. The fraction of sp³-hybridized carbons (Fsp3) is 0.619. The summed E-state index contributed by atoms with van der Waals surface area (Å²) in [5, 5.41) is 8.58. The third-order valence-electron chi connectivity index (χ3n) is 6.45. The van der Waals surface area contributed by atoms with Gasteiger partial charge in [0, 0.05) is 18.5 Å². The lowest BCUT2D eigenvalue weighted by molar-refractivity contribution is -0.116. The molecule has 3 amide bonds. The number of halogens is 1. The standard InChI is InChI=1S/C21H28FN3O2/c1-13-2-3-17(22)18(6-13)24-19(26)4-5-23-20(27)25-21-10-14-7-15(11-21)9-16(8-14)12-21/h2-3,6,14-16H,4-5,7-12H2,1H3,(H,24,26)(H2,23,25,27). The van der Waals surface area contributed by atoms with E-state index in [2.05, 4.69) is 16.0 Å². The molecule has 5 rings (SSSR count). The molecule has 0 saturated heterocycles. The Labute approximate surface area is 159 Å². The van der Waals surface area contributed by atoms with Crippen LogP contribution in [0.25, 0.3) is 0 Å². The molecular formula is C21H28FN3O2. The second-order valence-electron chi connectivity index (χ2n) is 8.86. The van der Waals surface area contributed by atoms with E-state index in [9.17, 15) is 14.0 Å². The molecule has 146 valence electrons. The van der Waals surface area contributed by atoms with Crippen molar-refractivity contribution in [2.75, 3.05) is 11.9 Å². The summed E-state index contributed by atoms with van der Waals surface area (Å²) >= 11 is 0. The largest absolute Gasteiger partial charge is 0.338 e. The number of carbonyl (C=O) groups excluding carboxylic acids is 2. The molecule has 0 unspecified atom stereocenters. The molecule has 4 fully saturated rings. The second-order valence-corrected chi connectivity index (χ2v) is 8.86. The van der Waals surface area contributed by atoms with Gasteiger partial charge in [-0.1, -0.05) is 6.07 Å². The highest BCUT2D eigenvalue weighted by atomic mass is 19.1. The number of aryl methyl sites for hydroxylation is 1. The van der Waals surface area contributed by atoms with Crippen LogP contribution in [0.15, 0.2) is 18.2 Å². The molecule has 1 aromatic carbocycles. The molecule has 0 radical (unpaired) electrons. The Hall–Kier alpha value is -2.11. The number of amides is 3. The van der Waals surface area contributed by atoms with Crippen molar-refractivity contribution in [3.05, 3.63) is 29.6 Å². The maximum Gasteiger partial charge on any atom is 0.315 e. The summed E-state index contributed by atoms with van der Waals surface area (Å²) in [6.45, 7) is 2.07. The molecule has 4 aliphatic carbocycles. The third-order valence-corrected chi connectivity index (χ3v) is 6.45. The SMILES string of the molecule is Cc1ccc(F)c(NC(=O)CCNC(=O)NC23CC4CC(CC(C4)C2)C3)c1. The number of benzene rings is 1. The van der Waals surface area contributed by atoms with Crippen LogP contribution < -0.4 is 16.0 Å². The van der Waals surface area contributed by atoms with Crippen LogP contribution in [0, 0.1) is 30.5 Å². The van der Waals surface area contributed by atoms with E-state index in [0.717, 1.165) is 42.6 Å². The Bertz CT molecular complexity index is 714. The lowest BCUT2D eigenvalue weighted by atomic mass is 9.53. The summed E-state index contributed by atoms with van der Waals surface area (Å²) in [6.07, 6.45) is 7.40. The first-order valence-corrected chi connectivity index (χ1v) is 10.0. The van der Waals surface area contributed by atoms with Gasteiger partial charge in [0.2, 0.25) is 5.91 Å². The van der Waals surface area contributed by atoms with Gasteiger partial charge in [0.15, 0.2) is 0 Å². The fourth-order valence-electron chi connectivity index (χ4n) is 5.79. The average molecular weight is 373 g/mol. The first-order chi connectivity index (χ1) is 12.9. The molecule has 0 heterocycles. The minimum absolute atomic E-state index is 0.0359. The van der Waals surface area contributed by atoms with E-state index < -0.39 is 5.82 Å². The first kappa shape index (κ1) is 18.3. The molecule has 0 atom stereocenters. The Balaban J connectivity index is 1.23. The smallest absolute Gasteiger partial charge is 0.315 e. The van der Waals surface area contributed by atoms with Crippen LogP contribution in [0.2, 0.25) is 0 Å². The molecule has 4 bridgehead atoms. The van der Waals surface area contributed by atoms with Gasteiger partial charge in [-0.3, -0.25) is 4.79 Å². The van der Waals surface area contributed by atoms with E-state index in [-0.39, 0.29) is 36.1 Å². The molecule has 27 heavy (non-hydrogen) atoms. The number of hydrogen-bond donors (Lipinski definition) is 3. The molecule has 0 aromatic heterocycles. The van der Waals surface area contributed by atoms with Gasteiger partial charge in [0.25, 0.3) is 0 Å². The molecule has 1 aromatic rings. The Morgan fingerprint density at radius 3 is 2.37 bits per heavy atom. The monoisotopic (exact) mass is 373 g/mol. The van der Waals surface area contributed by atoms with Crippen LogP contribution in [-0.2, 0) is 4.79 Å². The summed E-state index contributed by atoms with van der Waals surface area (Å²) in [4.78, 5) is 24.4. The molecule has 3 N–H and O–H groups in total. The summed E-state index contributed by atoms with van der Waals surface area (Å²) < 4.78 is 13.7. The van der Waals surface area contributed by atoms with E-state index >= 15 is 0 Å². The summed E-state index contributed by atoms with van der Waals surface area (Å²) in [5.41, 5.74) is 1.02. The first-order valence-electron chi connectivity index (χ1n) is 10.0. The normalized spacial score (nSPS) is 30.8.